The highest BCUT2D eigenvalue weighted by Crippen LogP contribution is 2.14. The van der Waals surface area contributed by atoms with Crippen molar-refractivity contribution in [2.24, 2.45) is 0 Å². The van der Waals surface area contributed by atoms with E-state index in [1.165, 1.54) is 0 Å². The lowest BCUT2D eigenvalue weighted by molar-refractivity contribution is 0.688. The van der Waals surface area contributed by atoms with Gasteiger partial charge in [0.25, 0.3) is 0 Å². The molecule has 0 radical (unpaired) electrons. The van der Waals surface area contributed by atoms with E-state index in [4.69, 9.17) is 0 Å². The minimum absolute atomic E-state index is 0.741. The molecule has 0 spiro atoms. The van der Waals surface area contributed by atoms with Gasteiger partial charge in [-0.25, -0.2) is 4.21 Å². The van der Waals surface area contributed by atoms with Gasteiger partial charge in [0.1, 0.15) is 0 Å². The zero-order chi connectivity index (χ0) is 13.8. The fraction of sp³-hybridized carbons (Fsp3) is 0. The predicted octanol–water partition coefficient (Wildman–Crippen LogP) is 3.41. The van der Waals surface area contributed by atoms with E-state index >= 15 is 0 Å². The van der Waals surface area contributed by atoms with Crippen LogP contribution in [0.4, 0.5) is 0 Å². The van der Waals surface area contributed by atoms with Gasteiger partial charge in [0.05, 0.1) is 16.3 Å². The number of pyridine rings is 2. The highest BCUT2D eigenvalue weighted by atomic mass is 32.2. The van der Waals surface area contributed by atoms with Crippen LogP contribution in [0.3, 0.4) is 0 Å². The third kappa shape index (κ3) is 2.81. The maximum absolute atomic E-state index is 12.1. The fourth-order valence-electron chi connectivity index (χ4n) is 1.87. The van der Waals surface area contributed by atoms with Gasteiger partial charge in [-0.1, -0.05) is 18.2 Å². The molecule has 4 heteroatoms. The molecule has 0 N–H and O–H groups in total. The number of hydrogen-bond acceptors (Lipinski definition) is 3. The van der Waals surface area contributed by atoms with E-state index in [-0.39, 0.29) is 0 Å². The number of aromatic nitrogens is 2. The molecule has 3 nitrogen and oxygen atoms in total. The van der Waals surface area contributed by atoms with E-state index in [9.17, 15) is 4.21 Å². The molecule has 3 rings (SSSR count). The molecule has 20 heavy (non-hydrogen) atoms. The summed E-state index contributed by atoms with van der Waals surface area (Å²) < 4.78 is 12.1. The molecule has 1 aromatic carbocycles. The molecule has 2 heterocycles. The van der Waals surface area contributed by atoms with Gasteiger partial charge in [0, 0.05) is 34.3 Å². The molecule has 0 fully saturated rings. The Hall–Kier alpha value is -2.33. The summed E-state index contributed by atoms with van der Waals surface area (Å²) in [5.74, 6) is 0. The molecule has 2 aromatic heterocycles. The first kappa shape index (κ1) is 12.7. The number of fused-ring (bicyclic) bond motifs is 1. The first-order chi connectivity index (χ1) is 9.83. The van der Waals surface area contributed by atoms with Gasteiger partial charge >= 0.3 is 0 Å². The van der Waals surface area contributed by atoms with Gasteiger partial charge in [-0.05, 0) is 35.9 Å². The van der Waals surface area contributed by atoms with Crippen LogP contribution >= 0.6 is 0 Å². The largest absolute Gasteiger partial charge is 0.265 e. The van der Waals surface area contributed by atoms with Crippen LogP contribution in [0.1, 0.15) is 5.56 Å². The molecular weight excluding hydrogens is 268 g/mol. The van der Waals surface area contributed by atoms with Crippen LogP contribution in [0.25, 0.3) is 17.0 Å². The Kier molecular flexibility index (Phi) is 3.65. The molecule has 0 saturated carbocycles. The number of hydrogen-bond donors (Lipinski definition) is 0. The van der Waals surface area contributed by atoms with Crippen LogP contribution < -0.4 is 0 Å². The summed E-state index contributed by atoms with van der Waals surface area (Å²) in [6.45, 7) is 0. The van der Waals surface area contributed by atoms with Gasteiger partial charge in [0.2, 0.25) is 0 Å². The monoisotopic (exact) mass is 280 g/mol. The predicted molar refractivity (Wildman–Crippen MR) is 81.4 cm³/mol. The standard InChI is InChI=1S/C16H12N2OS/c19-20(15-5-8-17-9-6-15)10-7-13-11-14-3-1-2-4-16(14)18-12-13/h1-12H/b10-7-. The quantitative estimate of drug-likeness (QED) is 0.738. The Morgan fingerprint density at radius 2 is 1.85 bits per heavy atom. The van der Waals surface area contributed by atoms with Crippen molar-refractivity contribution in [3.8, 4) is 0 Å². The van der Waals surface area contributed by atoms with Gasteiger partial charge in [-0.3, -0.25) is 9.97 Å². The van der Waals surface area contributed by atoms with Crippen molar-refractivity contribution in [3.63, 3.8) is 0 Å². The molecule has 0 saturated heterocycles. The van der Waals surface area contributed by atoms with Gasteiger partial charge in [-0.15, -0.1) is 0 Å². The Morgan fingerprint density at radius 3 is 2.70 bits per heavy atom. The van der Waals surface area contributed by atoms with Gasteiger partial charge in [0.15, 0.2) is 0 Å². The van der Waals surface area contributed by atoms with Crippen molar-refractivity contribution in [2.75, 3.05) is 0 Å². The van der Waals surface area contributed by atoms with Crippen molar-refractivity contribution in [1.82, 2.24) is 9.97 Å². The Labute approximate surface area is 119 Å². The summed E-state index contributed by atoms with van der Waals surface area (Å²) >= 11 is 0. The van der Waals surface area contributed by atoms with Crippen LogP contribution in [0.5, 0.6) is 0 Å². The Bertz CT molecular complexity index is 785. The van der Waals surface area contributed by atoms with Crippen LogP contribution in [-0.4, -0.2) is 14.2 Å². The minimum Gasteiger partial charge on any atom is -0.265 e. The van der Waals surface area contributed by atoms with E-state index in [0.29, 0.717) is 0 Å². The molecule has 1 atom stereocenters. The second-order valence-electron chi connectivity index (χ2n) is 4.24. The van der Waals surface area contributed by atoms with E-state index in [1.54, 1.807) is 36.1 Å². The first-order valence-electron chi connectivity index (χ1n) is 6.16. The molecule has 0 aliphatic heterocycles. The normalized spacial score (nSPS) is 12.8. The molecule has 0 amide bonds. The lowest BCUT2D eigenvalue weighted by Crippen LogP contribution is -1.86. The van der Waals surface area contributed by atoms with E-state index in [2.05, 4.69) is 9.97 Å². The van der Waals surface area contributed by atoms with Crippen molar-refractivity contribution in [2.45, 2.75) is 4.90 Å². The zero-order valence-corrected chi connectivity index (χ0v) is 11.5. The zero-order valence-electron chi connectivity index (χ0n) is 10.6. The molecule has 0 bridgehead atoms. The maximum Gasteiger partial charge on any atom is 0.0777 e. The summed E-state index contributed by atoms with van der Waals surface area (Å²) in [5, 5.41) is 2.74. The number of rotatable bonds is 3. The summed E-state index contributed by atoms with van der Waals surface area (Å²) in [5.41, 5.74) is 1.89. The van der Waals surface area contributed by atoms with E-state index in [0.717, 1.165) is 21.4 Å². The summed E-state index contributed by atoms with van der Waals surface area (Å²) in [4.78, 5) is 9.02. The average molecular weight is 280 g/mol. The minimum atomic E-state index is -1.17. The van der Waals surface area contributed by atoms with Crippen molar-refractivity contribution >= 4 is 27.8 Å². The third-order valence-corrected chi connectivity index (χ3v) is 4.00. The lowest BCUT2D eigenvalue weighted by atomic mass is 10.2. The van der Waals surface area contributed by atoms with Crippen LogP contribution in [0.2, 0.25) is 0 Å². The Morgan fingerprint density at radius 1 is 1.05 bits per heavy atom. The van der Waals surface area contributed by atoms with Crippen LogP contribution in [-0.2, 0) is 10.8 Å². The molecule has 3 aromatic rings. The molecule has 0 aliphatic carbocycles. The second kappa shape index (κ2) is 5.75. The molecule has 98 valence electrons. The van der Waals surface area contributed by atoms with E-state index < -0.39 is 10.8 Å². The first-order valence-corrected chi connectivity index (χ1v) is 7.38. The van der Waals surface area contributed by atoms with Gasteiger partial charge < -0.3 is 0 Å². The topological polar surface area (TPSA) is 42.9 Å². The lowest BCUT2D eigenvalue weighted by Gasteiger charge is -1.98. The number of nitrogens with zero attached hydrogens (tertiary/aromatic N) is 2. The van der Waals surface area contributed by atoms with Gasteiger partial charge in [-0.2, -0.15) is 0 Å². The number of benzene rings is 1. The highest BCUT2D eigenvalue weighted by molar-refractivity contribution is 7.88. The average Bonchev–Trinajstić information content (AvgIpc) is 2.53. The highest BCUT2D eigenvalue weighted by Gasteiger charge is 1.99. The van der Waals surface area contributed by atoms with Crippen molar-refractivity contribution < 1.29 is 4.21 Å². The molecular formula is C16H12N2OS. The Balaban J connectivity index is 1.85. The van der Waals surface area contributed by atoms with Crippen LogP contribution in [0, 0.1) is 0 Å². The smallest absolute Gasteiger partial charge is 0.0777 e. The summed E-state index contributed by atoms with van der Waals surface area (Å²) in [7, 11) is -1.17. The van der Waals surface area contributed by atoms with E-state index in [1.807, 2.05) is 36.4 Å². The fourth-order valence-corrected chi connectivity index (χ4v) is 2.70. The summed E-state index contributed by atoms with van der Waals surface area (Å²) in [6, 6.07) is 13.5. The second-order valence-corrected chi connectivity index (χ2v) is 5.58. The maximum atomic E-state index is 12.1. The third-order valence-electron chi connectivity index (χ3n) is 2.88. The molecule has 1 unspecified atom stereocenters. The number of para-hydroxylation sites is 1. The van der Waals surface area contributed by atoms with Crippen LogP contribution in [0.15, 0.2) is 71.4 Å². The molecule has 0 aliphatic rings. The SMILES string of the molecule is O=S(/C=C\c1cnc2ccccc2c1)c1ccncc1. The van der Waals surface area contributed by atoms with Crippen molar-refractivity contribution in [1.29, 1.82) is 0 Å². The summed E-state index contributed by atoms with van der Waals surface area (Å²) in [6.07, 6.45) is 6.88. The van der Waals surface area contributed by atoms with Crippen molar-refractivity contribution in [3.05, 3.63) is 72.0 Å².